The van der Waals surface area contributed by atoms with Crippen LogP contribution in [0.15, 0.2) is 35.8 Å². The Labute approximate surface area is 140 Å². The molecule has 1 aliphatic heterocycles. The largest absolute Gasteiger partial charge is 0.491 e. The number of morpholine rings is 1. The Morgan fingerprint density at radius 3 is 3.22 bits per heavy atom. The second kappa shape index (κ2) is 7.88. The van der Waals surface area contributed by atoms with Crippen LogP contribution in [-0.4, -0.2) is 53.9 Å². The average molecular weight is 334 g/mol. The van der Waals surface area contributed by atoms with E-state index in [-0.39, 0.29) is 6.10 Å². The third kappa shape index (κ3) is 4.75. The molecule has 23 heavy (non-hydrogen) atoms. The molecule has 2 heterocycles. The highest BCUT2D eigenvalue weighted by molar-refractivity contribution is 7.09. The smallest absolute Gasteiger partial charge is 0.123 e. The number of β-amino-alcohol motifs (C(OH)–C–C–N with tert-alkyl or cyclic N) is 1. The van der Waals surface area contributed by atoms with Crippen LogP contribution in [0.2, 0.25) is 0 Å². The van der Waals surface area contributed by atoms with Crippen molar-refractivity contribution in [2.24, 2.45) is 0 Å². The van der Waals surface area contributed by atoms with Gasteiger partial charge in [-0.25, -0.2) is 4.98 Å². The molecule has 2 aromatic rings. The van der Waals surface area contributed by atoms with Gasteiger partial charge in [-0.15, -0.1) is 11.3 Å². The van der Waals surface area contributed by atoms with Crippen LogP contribution in [0.1, 0.15) is 16.7 Å². The minimum absolute atomic E-state index is 0.00800. The lowest BCUT2D eigenvalue weighted by molar-refractivity contribution is -0.0460. The van der Waals surface area contributed by atoms with Gasteiger partial charge in [0.25, 0.3) is 0 Å². The molecule has 124 valence electrons. The molecule has 0 aliphatic carbocycles. The molecular formula is C17H22N2O3S. The number of aryl methyl sites for hydroxylation is 1. The van der Waals surface area contributed by atoms with Crippen LogP contribution in [0, 0.1) is 6.92 Å². The topological polar surface area (TPSA) is 54.8 Å². The lowest BCUT2D eigenvalue weighted by Crippen LogP contribution is -2.43. The molecule has 1 saturated heterocycles. The summed E-state index contributed by atoms with van der Waals surface area (Å²) in [5.74, 6) is 0.798. The van der Waals surface area contributed by atoms with Crippen molar-refractivity contribution in [1.29, 1.82) is 0 Å². The number of aromatic nitrogens is 1. The Kier molecular flexibility index (Phi) is 5.61. The van der Waals surface area contributed by atoms with E-state index in [1.807, 2.05) is 36.6 Å². The summed E-state index contributed by atoms with van der Waals surface area (Å²) >= 11 is 1.61. The van der Waals surface area contributed by atoms with E-state index in [0.717, 1.165) is 29.4 Å². The molecule has 5 nitrogen and oxygen atoms in total. The van der Waals surface area contributed by atoms with Gasteiger partial charge in [-0.05, 0) is 24.6 Å². The minimum Gasteiger partial charge on any atom is -0.491 e. The molecule has 0 bridgehead atoms. The third-order valence-electron chi connectivity index (χ3n) is 3.78. The van der Waals surface area contributed by atoms with Gasteiger partial charge in [-0.3, -0.25) is 4.90 Å². The normalized spacial score (nSPS) is 20.3. The average Bonchev–Trinajstić information content (AvgIpc) is 3.08. The van der Waals surface area contributed by atoms with Gasteiger partial charge < -0.3 is 14.6 Å². The summed E-state index contributed by atoms with van der Waals surface area (Å²) in [6.07, 6.45) is 1.28. The van der Waals surface area contributed by atoms with Gasteiger partial charge in [0.05, 0.1) is 6.61 Å². The van der Waals surface area contributed by atoms with Crippen molar-refractivity contribution in [2.45, 2.75) is 19.1 Å². The molecule has 1 fully saturated rings. The Balaban J connectivity index is 1.46. The number of thiazole rings is 1. The van der Waals surface area contributed by atoms with Gasteiger partial charge in [0.2, 0.25) is 0 Å². The number of ether oxygens (including phenoxy) is 2. The summed E-state index contributed by atoms with van der Waals surface area (Å²) in [6.45, 7) is 5.14. The number of hydrogen-bond donors (Lipinski definition) is 1. The fourth-order valence-electron chi connectivity index (χ4n) is 2.66. The second-order valence-electron chi connectivity index (χ2n) is 5.77. The van der Waals surface area contributed by atoms with E-state index >= 15 is 0 Å². The molecule has 6 heteroatoms. The molecule has 2 unspecified atom stereocenters. The fourth-order valence-corrected chi connectivity index (χ4v) is 3.34. The van der Waals surface area contributed by atoms with E-state index in [9.17, 15) is 5.11 Å². The number of nitrogens with zero attached hydrogens (tertiary/aromatic N) is 2. The van der Waals surface area contributed by atoms with Crippen molar-refractivity contribution in [3.05, 3.63) is 46.4 Å². The van der Waals surface area contributed by atoms with Crippen LogP contribution in [-0.2, 0) is 4.74 Å². The SMILES string of the molecule is Cc1cccc(OCC(O)CN2CCOC(c3nccs3)C2)c1. The summed E-state index contributed by atoms with van der Waals surface area (Å²) in [4.78, 5) is 6.53. The van der Waals surface area contributed by atoms with Crippen molar-refractivity contribution in [2.75, 3.05) is 32.8 Å². The molecular weight excluding hydrogens is 312 g/mol. The van der Waals surface area contributed by atoms with Gasteiger partial charge in [0.15, 0.2) is 0 Å². The summed E-state index contributed by atoms with van der Waals surface area (Å²) in [5, 5.41) is 13.2. The molecule has 0 amide bonds. The Morgan fingerprint density at radius 2 is 2.43 bits per heavy atom. The predicted octanol–water partition coefficient (Wildman–Crippen LogP) is 2.26. The van der Waals surface area contributed by atoms with Gasteiger partial charge in [-0.2, -0.15) is 0 Å². The highest BCUT2D eigenvalue weighted by Crippen LogP contribution is 2.23. The lowest BCUT2D eigenvalue weighted by Gasteiger charge is -2.33. The fraction of sp³-hybridized carbons (Fsp3) is 0.471. The highest BCUT2D eigenvalue weighted by atomic mass is 32.1. The van der Waals surface area contributed by atoms with Crippen LogP contribution < -0.4 is 4.74 Å². The van der Waals surface area contributed by atoms with Crippen LogP contribution >= 0.6 is 11.3 Å². The number of benzene rings is 1. The molecule has 2 atom stereocenters. The van der Waals surface area contributed by atoms with Crippen molar-refractivity contribution in [3.8, 4) is 5.75 Å². The van der Waals surface area contributed by atoms with E-state index in [1.165, 1.54) is 0 Å². The molecule has 3 rings (SSSR count). The van der Waals surface area contributed by atoms with Crippen LogP contribution in [0.3, 0.4) is 0 Å². The van der Waals surface area contributed by atoms with Gasteiger partial charge in [0.1, 0.15) is 29.6 Å². The molecule has 1 N–H and O–H groups in total. The third-order valence-corrected chi connectivity index (χ3v) is 4.65. The Bertz CT molecular complexity index is 606. The summed E-state index contributed by atoms with van der Waals surface area (Å²) in [7, 11) is 0. The number of hydrogen-bond acceptors (Lipinski definition) is 6. The van der Waals surface area contributed by atoms with Gasteiger partial charge in [-0.1, -0.05) is 12.1 Å². The van der Waals surface area contributed by atoms with Crippen molar-refractivity contribution in [1.82, 2.24) is 9.88 Å². The first-order valence-corrected chi connectivity index (χ1v) is 8.69. The molecule has 1 aromatic heterocycles. The van der Waals surface area contributed by atoms with Crippen LogP contribution in [0.4, 0.5) is 0 Å². The van der Waals surface area contributed by atoms with E-state index in [4.69, 9.17) is 9.47 Å². The summed E-state index contributed by atoms with van der Waals surface area (Å²) in [5.41, 5.74) is 1.15. The molecule has 1 aromatic carbocycles. The van der Waals surface area contributed by atoms with Crippen molar-refractivity contribution >= 4 is 11.3 Å². The highest BCUT2D eigenvalue weighted by Gasteiger charge is 2.25. The number of rotatable bonds is 6. The zero-order chi connectivity index (χ0) is 16.1. The molecule has 0 spiro atoms. The summed E-state index contributed by atoms with van der Waals surface area (Å²) < 4.78 is 11.4. The Morgan fingerprint density at radius 1 is 1.52 bits per heavy atom. The van der Waals surface area contributed by atoms with E-state index in [2.05, 4.69) is 9.88 Å². The van der Waals surface area contributed by atoms with Gasteiger partial charge >= 0.3 is 0 Å². The zero-order valence-corrected chi connectivity index (χ0v) is 14.0. The molecule has 1 aliphatic rings. The quantitative estimate of drug-likeness (QED) is 0.878. The first-order chi connectivity index (χ1) is 11.2. The van der Waals surface area contributed by atoms with Crippen LogP contribution in [0.25, 0.3) is 0 Å². The van der Waals surface area contributed by atoms with Crippen molar-refractivity contribution < 1.29 is 14.6 Å². The molecule has 0 saturated carbocycles. The monoisotopic (exact) mass is 334 g/mol. The van der Waals surface area contributed by atoms with Crippen molar-refractivity contribution in [3.63, 3.8) is 0 Å². The first-order valence-electron chi connectivity index (χ1n) is 7.81. The van der Waals surface area contributed by atoms with E-state index in [0.29, 0.717) is 19.8 Å². The first kappa shape index (κ1) is 16.4. The second-order valence-corrected chi connectivity index (χ2v) is 6.70. The zero-order valence-electron chi connectivity index (χ0n) is 13.2. The minimum atomic E-state index is -0.523. The number of aliphatic hydroxyl groups is 1. The maximum atomic E-state index is 10.2. The maximum Gasteiger partial charge on any atom is 0.123 e. The van der Waals surface area contributed by atoms with E-state index in [1.54, 1.807) is 17.5 Å². The lowest BCUT2D eigenvalue weighted by atomic mass is 10.2. The Hall–Kier alpha value is -1.47. The van der Waals surface area contributed by atoms with Gasteiger partial charge in [0, 0.05) is 31.2 Å². The predicted molar refractivity (Wildman–Crippen MR) is 89.9 cm³/mol. The number of aliphatic hydroxyl groups excluding tert-OH is 1. The maximum absolute atomic E-state index is 10.2. The van der Waals surface area contributed by atoms with Crippen LogP contribution in [0.5, 0.6) is 5.75 Å². The van der Waals surface area contributed by atoms with E-state index < -0.39 is 6.10 Å². The summed E-state index contributed by atoms with van der Waals surface area (Å²) in [6, 6.07) is 7.86. The molecule has 0 radical (unpaired) electrons. The standard InChI is InChI=1S/C17H22N2O3S/c1-13-3-2-4-15(9-13)22-12-14(20)10-19-6-7-21-16(11-19)17-18-5-8-23-17/h2-5,8-9,14,16,20H,6-7,10-12H2,1H3.